The van der Waals surface area contributed by atoms with Crippen LogP contribution in [0.3, 0.4) is 0 Å². The molecule has 1 amide bonds. The fourth-order valence-corrected chi connectivity index (χ4v) is 10.3. The predicted octanol–water partition coefficient (Wildman–Crippen LogP) is 6.37. The van der Waals surface area contributed by atoms with Crippen LogP contribution in [-0.2, 0) is 65.2 Å². The number of pyridine rings is 3. The number of esters is 2. The highest BCUT2D eigenvalue weighted by Crippen LogP contribution is 2.43. The lowest BCUT2D eigenvalue weighted by Crippen LogP contribution is -2.60. The molecule has 19 heteroatoms. The van der Waals surface area contributed by atoms with Gasteiger partial charge in [-0.25, -0.2) is 4.79 Å². The highest BCUT2D eigenvalue weighted by molar-refractivity contribution is 5.92. The van der Waals surface area contributed by atoms with Crippen LogP contribution in [-0.4, -0.2) is 143 Å². The molecule has 3 aromatic rings. The number of likely N-dealkylation sites (N-methyl/N-ethyl adjacent to an activating group) is 1. The summed E-state index contributed by atoms with van der Waals surface area (Å²) in [7, 11) is 5.29. The third-order valence-electron chi connectivity index (χ3n) is 14.1. The van der Waals surface area contributed by atoms with Crippen molar-refractivity contribution in [2.45, 2.75) is 148 Å². The minimum absolute atomic E-state index is 0.00249. The Bertz CT molecular complexity index is 2360. The lowest BCUT2D eigenvalue weighted by atomic mass is 9.73. The molecule has 3 saturated heterocycles. The summed E-state index contributed by atoms with van der Waals surface area (Å²) in [4.78, 5) is 75.3. The van der Waals surface area contributed by atoms with E-state index in [2.05, 4.69) is 20.3 Å². The second kappa shape index (κ2) is 24.7. The smallest absolute Gasteiger partial charge is 0.461 e. The summed E-state index contributed by atoms with van der Waals surface area (Å²) in [6.45, 7) is 14.4. The van der Waals surface area contributed by atoms with Gasteiger partial charge in [-0.3, -0.25) is 29.3 Å². The van der Waals surface area contributed by atoms with Crippen molar-refractivity contribution in [3.05, 3.63) is 90.3 Å². The summed E-state index contributed by atoms with van der Waals surface area (Å²) >= 11 is 0. The number of anilines is 1. The Labute approximate surface area is 422 Å². The molecule has 6 heterocycles. The van der Waals surface area contributed by atoms with Gasteiger partial charge in [0.15, 0.2) is 18.0 Å². The molecule has 0 aliphatic carbocycles. The van der Waals surface area contributed by atoms with Gasteiger partial charge < -0.3 is 53.3 Å². The summed E-state index contributed by atoms with van der Waals surface area (Å²) in [5, 5.41) is 19.4. The molecule has 19 nitrogen and oxygen atoms in total. The van der Waals surface area contributed by atoms with Gasteiger partial charge in [-0.1, -0.05) is 51.1 Å². The molecular formula is C53H72N6O13. The highest BCUT2D eigenvalue weighted by atomic mass is 16.8. The number of aromatic nitrogens is 3. The third-order valence-corrected chi connectivity index (χ3v) is 14.1. The van der Waals surface area contributed by atoms with Crippen LogP contribution in [0.25, 0.3) is 6.08 Å². The standard InChI is InChI=1S/C53H72N6O13/c1-12-41-53(8)48(71-51(64)72-53)33(4)44(58-66-23-17-18-36-25-39(30-54-29-36)57-42(60)26-37-19-13-15-21-55-37)31(2)28-52(7,65-11)47(70-50-45(62)40(59(9)10)24-32(3)67-50)34(5)46(35(6)49(63)68-41)69-43(61)27-38-20-14-16-22-56-38/h13-22,25,29-35,40-41,45-48,50,62H,12,23-24,26-28H2,1-11H3,(H,57,60)/b18-17+,58-44+/t31-,32-,33+,34+,35-,40+,41-,45-,46+,47-,48-,50+,52-,53-/m1/s1. The zero-order chi connectivity index (χ0) is 52.3. The molecule has 6 rings (SSSR count). The van der Waals surface area contributed by atoms with Crippen LogP contribution in [0.5, 0.6) is 0 Å². The zero-order valence-corrected chi connectivity index (χ0v) is 43.3. The first kappa shape index (κ1) is 55.5. The Kier molecular flexibility index (Phi) is 19.0. The molecule has 14 atom stereocenters. The van der Waals surface area contributed by atoms with E-state index in [1.54, 1.807) is 101 Å². The zero-order valence-electron chi connectivity index (χ0n) is 43.3. The lowest BCUT2D eigenvalue weighted by molar-refractivity contribution is -0.301. The summed E-state index contributed by atoms with van der Waals surface area (Å²) in [5.74, 6) is -4.74. The van der Waals surface area contributed by atoms with E-state index in [1.807, 2.05) is 52.8 Å². The number of aliphatic hydroxyl groups excluding tert-OH is 1. The third kappa shape index (κ3) is 13.6. The van der Waals surface area contributed by atoms with Crippen LogP contribution in [0.2, 0.25) is 0 Å². The molecule has 3 fully saturated rings. The molecule has 392 valence electrons. The number of methoxy groups -OCH3 is 1. The second-order valence-electron chi connectivity index (χ2n) is 19.8. The molecule has 0 radical (unpaired) electrons. The van der Waals surface area contributed by atoms with Crippen molar-refractivity contribution >= 4 is 41.5 Å². The van der Waals surface area contributed by atoms with Crippen LogP contribution < -0.4 is 5.32 Å². The number of carbonyl (C=O) groups excluding carboxylic acids is 4. The summed E-state index contributed by atoms with van der Waals surface area (Å²) in [6.07, 6.45) is 3.00. The maximum Gasteiger partial charge on any atom is 0.509 e. The topological polar surface area (TPSA) is 229 Å². The predicted molar refractivity (Wildman–Crippen MR) is 265 cm³/mol. The van der Waals surface area contributed by atoms with E-state index in [0.29, 0.717) is 34.8 Å². The van der Waals surface area contributed by atoms with Gasteiger partial charge in [0, 0.05) is 55.2 Å². The fourth-order valence-electron chi connectivity index (χ4n) is 10.3. The molecule has 3 aliphatic rings. The number of aliphatic hydroxyl groups is 1. The largest absolute Gasteiger partial charge is 0.509 e. The van der Waals surface area contributed by atoms with Gasteiger partial charge in [0.25, 0.3) is 0 Å². The van der Waals surface area contributed by atoms with Crippen molar-refractivity contribution in [3.8, 4) is 0 Å². The lowest BCUT2D eigenvalue weighted by Gasteiger charge is -2.48. The van der Waals surface area contributed by atoms with Gasteiger partial charge in [-0.05, 0) is 103 Å². The Balaban J connectivity index is 1.36. The summed E-state index contributed by atoms with van der Waals surface area (Å²) < 4.78 is 44.3. The first-order chi connectivity index (χ1) is 34.3. The van der Waals surface area contributed by atoms with E-state index >= 15 is 0 Å². The number of amides is 1. The van der Waals surface area contributed by atoms with Crippen molar-refractivity contribution < 1.29 is 62.3 Å². The number of oxime groups is 1. The van der Waals surface area contributed by atoms with Crippen LogP contribution in [0.1, 0.15) is 91.6 Å². The molecular weight excluding hydrogens is 929 g/mol. The van der Waals surface area contributed by atoms with Gasteiger partial charge in [-0.15, -0.1) is 0 Å². The maximum atomic E-state index is 14.6. The monoisotopic (exact) mass is 1000 g/mol. The van der Waals surface area contributed by atoms with Gasteiger partial charge in [0.1, 0.15) is 24.9 Å². The van der Waals surface area contributed by atoms with Gasteiger partial charge in [-0.2, -0.15) is 0 Å². The van der Waals surface area contributed by atoms with E-state index in [-0.39, 0.29) is 50.3 Å². The van der Waals surface area contributed by atoms with Crippen LogP contribution >= 0.6 is 0 Å². The van der Waals surface area contributed by atoms with Crippen LogP contribution in [0.4, 0.5) is 10.5 Å². The molecule has 2 N–H and O–H groups in total. The van der Waals surface area contributed by atoms with Crippen molar-refractivity contribution in [2.75, 3.05) is 33.1 Å². The average molecular weight is 1000 g/mol. The number of ether oxygens (including phenoxy) is 7. The number of hydrogen-bond donors (Lipinski definition) is 2. The number of nitrogens with one attached hydrogen (secondary N) is 1. The Hall–Kier alpha value is -5.86. The molecule has 0 aromatic carbocycles. The first-order valence-electron chi connectivity index (χ1n) is 24.7. The van der Waals surface area contributed by atoms with Crippen molar-refractivity contribution in [2.24, 2.45) is 28.8 Å². The molecule has 0 bridgehead atoms. The minimum Gasteiger partial charge on any atom is -0.461 e. The van der Waals surface area contributed by atoms with Gasteiger partial charge in [0.05, 0.1) is 59.9 Å². The first-order valence-corrected chi connectivity index (χ1v) is 24.7. The van der Waals surface area contributed by atoms with Crippen LogP contribution in [0.15, 0.2) is 78.5 Å². The fraction of sp³-hybridized carbons (Fsp3) is 0.585. The van der Waals surface area contributed by atoms with E-state index in [4.69, 9.17) is 43.2 Å². The summed E-state index contributed by atoms with van der Waals surface area (Å²) in [6, 6.07) is 12.0. The molecule has 3 aromatic heterocycles. The molecule has 0 spiro atoms. The molecule has 0 saturated carbocycles. The van der Waals surface area contributed by atoms with Crippen molar-refractivity contribution in [3.63, 3.8) is 0 Å². The quantitative estimate of drug-likeness (QED) is 0.0729. The highest BCUT2D eigenvalue weighted by Gasteiger charge is 2.59. The molecule has 72 heavy (non-hydrogen) atoms. The van der Waals surface area contributed by atoms with Crippen molar-refractivity contribution in [1.29, 1.82) is 0 Å². The van der Waals surface area contributed by atoms with E-state index in [0.717, 1.165) is 0 Å². The Morgan fingerprint density at radius 3 is 2.31 bits per heavy atom. The number of rotatable bonds is 15. The van der Waals surface area contributed by atoms with E-state index < -0.39 is 89.8 Å². The number of cyclic esters (lactones) is 1. The number of nitrogens with zero attached hydrogens (tertiary/aromatic N) is 5. The molecule has 3 aliphatic heterocycles. The number of fused-ring (bicyclic) bond motifs is 1. The number of carbonyl (C=O) groups is 4. The van der Waals surface area contributed by atoms with Crippen molar-refractivity contribution in [1.82, 2.24) is 19.9 Å². The summed E-state index contributed by atoms with van der Waals surface area (Å²) in [5.41, 5.74) is -0.0265. The number of hydrogen-bond acceptors (Lipinski definition) is 18. The maximum absolute atomic E-state index is 14.6. The second-order valence-corrected chi connectivity index (χ2v) is 19.8. The Morgan fingerprint density at radius 2 is 1.67 bits per heavy atom. The van der Waals surface area contributed by atoms with Gasteiger partial charge >= 0.3 is 18.1 Å². The van der Waals surface area contributed by atoms with E-state index in [1.165, 1.54) is 7.11 Å². The minimum atomic E-state index is -1.50. The molecule has 0 unspecified atom stereocenters. The average Bonchev–Trinajstić information content (AvgIpc) is 3.66. The Morgan fingerprint density at radius 1 is 0.972 bits per heavy atom. The van der Waals surface area contributed by atoms with Crippen LogP contribution in [0, 0.1) is 23.7 Å². The van der Waals surface area contributed by atoms with E-state index in [9.17, 15) is 24.3 Å². The normalized spacial score (nSPS) is 33.0. The van der Waals surface area contributed by atoms with Gasteiger partial charge in [0.2, 0.25) is 5.91 Å². The SMILES string of the molecule is CC[C@H]1OC(=O)[C@H](C)[C@@H](OC(=O)Cc2ccccn2)[C@H](C)[C@@H](O[C@@H]2O[C@H](C)C[C@H](N(C)C)[C@H]2O)[C@](C)(OC)C[C@@H](C)/C(=N\OC/C=C/c2cncc(NC(=O)Cc3ccccn3)c2)[C@H](C)[C@H]2OC(=O)O[C@@]21C.